The predicted molar refractivity (Wildman–Crippen MR) is 114 cm³/mol. The predicted octanol–water partition coefficient (Wildman–Crippen LogP) is 2.55. The maximum absolute atomic E-state index is 12.1. The fourth-order valence-electron chi connectivity index (χ4n) is 4.15. The molecule has 6 heteroatoms. The number of aliphatic hydroxyl groups is 1. The van der Waals surface area contributed by atoms with Gasteiger partial charge in [-0.3, -0.25) is 9.59 Å². The number of aryl methyl sites for hydroxylation is 1. The molecule has 6 nitrogen and oxygen atoms in total. The fourth-order valence-corrected chi connectivity index (χ4v) is 4.15. The first-order valence-corrected chi connectivity index (χ1v) is 10.6. The number of ether oxygens (including phenoxy) is 1. The molecule has 0 unspecified atom stereocenters. The highest BCUT2D eigenvalue weighted by molar-refractivity contribution is 6.36. The van der Waals surface area contributed by atoms with E-state index in [4.69, 9.17) is 4.74 Å². The van der Waals surface area contributed by atoms with Crippen molar-refractivity contribution in [3.63, 3.8) is 0 Å². The molecule has 2 aliphatic rings. The zero-order valence-corrected chi connectivity index (χ0v) is 17.0. The van der Waals surface area contributed by atoms with E-state index in [9.17, 15) is 14.7 Å². The van der Waals surface area contributed by atoms with E-state index in [1.54, 1.807) is 0 Å². The van der Waals surface area contributed by atoms with Gasteiger partial charge in [0, 0.05) is 30.6 Å². The topological polar surface area (TPSA) is 87.7 Å². The molecule has 2 aliphatic heterocycles. The number of benzene rings is 2. The standard InChI is InChI=1S/C24H28N2O4/c27-21(24(29)25-12-11-16-5-2-1-3-6-16)8-4-7-17-9-10-19-18(13-17)23-14-20(26-19)22(28)15-30-23/h1-3,5-6,9-10,13,20,22-23,26,28H,4,7-8,11-12,14-15H2,(H,25,29)/t20-,22-,23-/m1/s1. The molecule has 1 fully saturated rings. The third kappa shape index (κ3) is 4.89. The van der Waals surface area contributed by atoms with Crippen LogP contribution < -0.4 is 10.6 Å². The largest absolute Gasteiger partial charge is 0.389 e. The first kappa shape index (κ1) is 20.6. The van der Waals surface area contributed by atoms with Crippen molar-refractivity contribution in [2.45, 2.75) is 50.4 Å². The number of nitrogens with one attached hydrogen (secondary N) is 2. The molecular weight excluding hydrogens is 380 g/mol. The summed E-state index contributed by atoms with van der Waals surface area (Å²) in [5, 5.41) is 16.1. The van der Waals surface area contributed by atoms with Gasteiger partial charge in [-0.25, -0.2) is 0 Å². The number of carbonyl (C=O) groups is 2. The third-order valence-corrected chi connectivity index (χ3v) is 5.87. The second-order valence-electron chi connectivity index (χ2n) is 8.07. The van der Waals surface area contributed by atoms with Crippen LogP contribution in [-0.2, 0) is 27.2 Å². The first-order valence-electron chi connectivity index (χ1n) is 10.6. The number of anilines is 1. The lowest BCUT2D eigenvalue weighted by Crippen LogP contribution is -2.45. The van der Waals surface area contributed by atoms with E-state index < -0.39 is 12.0 Å². The highest BCUT2D eigenvalue weighted by Gasteiger charge is 2.36. The molecule has 0 aromatic heterocycles. The van der Waals surface area contributed by atoms with Crippen LogP contribution in [0.1, 0.15) is 42.1 Å². The molecule has 0 spiro atoms. The van der Waals surface area contributed by atoms with Crippen molar-refractivity contribution in [2.24, 2.45) is 0 Å². The highest BCUT2D eigenvalue weighted by Crippen LogP contribution is 2.39. The lowest BCUT2D eigenvalue weighted by atomic mass is 9.88. The van der Waals surface area contributed by atoms with Gasteiger partial charge < -0.3 is 20.5 Å². The summed E-state index contributed by atoms with van der Waals surface area (Å²) in [6, 6.07) is 16.1. The van der Waals surface area contributed by atoms with Gasteiger partial charge in [-0.05, 0) is 36.5 Å². The molecule has 0 saturated carbocycles. The number of hydrogen-bond donors (Lipinski definition) is 3. The van der Waals surface area contributed by atoms with Crippen molar-refractivity contribution in [2.75, 3.05) is 18.5 Å². The zero-order valence-electron chi connectivity index (χ0n) is 17.0. The maximum Gasteiger partial charge on any atom is 0.287 e. The lowest BCUT2D eigenvalue weighted by molar-refractivity contribution is -0.137. The summed E-state index contributed by atoms with van der Waals surface area (Å²) in [5.74, 6) is -0.865. The van der Waals surface area contributed by atoms with Crippen molar-refractivity contribution in [3.8, 4) is 0 Å². The van der Waals surface area contributed by atoms with Gasteiger partial charge in [0.25, 0.3) is 5.91 Å². The van der Waals surface area contributed by atoms with Gasteiger partial charge in [0.05, 0.1) is 24.9 Å². The molecule has 1 amide bonds. The van der Waals surface area contributed by atoms with Crippen molar-refractivity contribution in [1.29, 1.82) is 0 Å². The first-order chi connectivity index (χ1) is 14.6. The molecule has 2 aromatic rings. The van der Waals surface area contributed by atoms with E-state index in [0.717, 1.165) is 35.2 Å². The van der Waals surface area contributed by atoms with Gasteiger partial charge in [0.2, 0.25) is 5.78 Å². The Kier molecular flexibility index (Phi) is 6.45. The van der Waals surface area contributed by atoms with Gasteiger partial charge in [-0.1, -0.05) is 42.5 Å². The van der Waals surface area contributed by atoms with E-state index in [2.05, 4.69) is 16.7 Å². The van der Waals surface area contributed by atoms with Gasteiger partial charge in [-0.15, -0.1) is 0 Å². The Morgan fingerprint density at radius 3 is 2.77 bits per heavy atom. The molecule has 30 heavy (non-hydrogen) atoms. The Morgan fingerprint density at radius 2 is 1.93 bits per heavy atom. The molecule has 2 aromatic carbocycles. The zero-order chi connectivity index (χ0) is 20.9. The maximum atomic E-state index is 12.1. The number of ketones is 1. The van der Waals surface area contributed by atoms with Crippen molar-refractivity contribution < 1.29 is 19.4 Å². The molecule has 2 heterocycles. The Hall–Kier alpha value is -2.70. The average molecular weight is 408 g/mol. The van der Waals surface area contributed by atoms with Crippen molar-refractivity contribution in [1.82, 2.24) is 5.32 Å². The summed E-state index contributed by atoms with van der Waals surface area (Å²) in [6.07, 6.45) is 2.61. The molecule has 1 saturated heterocycles. The SMILES string of the molecule is O=C(CCCc1ccc2c(c1)[C@H]1C[C@@H](N2)[C@H](O)CO1)C(=O)NCCc1ccccc1. The number of rotatable bonds is 8. The Labute approximate surface area is 176 Å². The summed E-state index contributed by atoms with van der Waals surface area (Å²) in [7, 11) is 0. The molecule has 4 rings (SSSR count). The Bertz CT molecular complexity index is 899. The Balaban J connectivity index is 1.22. The second-order valence-corrected chi connectivity index (χ2v) is 8.07. The highest BCUT2D eigenvalue weighted by atomic mass is 16.5. The third-order valence-electron chi connectivity index (χ3n) is 5.87. The number of aliphatic hydroxyl groups excluding tert-OH is 1. The van der Waals surface area contributed by atoms with Crippen LogP contribution in [0, 0.1) is 0 Å². The summed E-state index contributed by atoms with van der Waals surface area (Å²) in [5.41, 5.74) is 4.38. The van der Waals surface area contributed by atoms with Gasteiger partial charge in [0.1, 0.15) is 0 Å². The molecular formula is C24H28N2O4. The minimum absolute atomic E-state index is 0.00613. The van der Waals surface area contributed by atoms with Crippen LogP contribution in [0.5, 0.6) is 0 Å². The van der Waals surface area contributed by atoms with Crippen molar-refractivity contribution in [3.05, 3.63) is 65.2 Å². The molecule has 3 N–H and O–H groups in total. The molecule has 2 bridgehead atoms. The van der Waals surface area contributed by atoms with E-state index >= 15 is 0 Å². The van der Waals surface area contributed by atoms with Crippen LogP contribution in [0.3, 0.4) is 0 Å². The van der Waals surface area contributed by atoms with Gasteiger partial charge in [-0.2, -0.15) is 0 Å². The number of amides is 1. The quantitative estimate of drug-likeness (QED) is 0.585. The van der Waals surface area contributed by atoms with E-state index in [-0.39, 0.29) is 24.3 Å². The molecule has 0 aliphatic carbocycles. The summed E-state index contributed by atoms with van der Waals surface area (Å²) in [4.78, 5) is 24.1. The van der Waals surface area contributed by atoms with Crippen LogP contribution >= 0.6 is 0 Å². The molecule has 3 atom stereocenters. The van der Waals surface area contributed by atoms with Gasteiger partial charge in [0.15, 0.2) is 0 Å². The van der Waals surface area contributed by atoms with Gasteiger partial charge >= 0.3 is 0 Å². The minimum Gasteiger partial charge on any atom is -0.389 e. The van der Waals surface area contributed by atoms with Crippen LogP contribution in [0.4, 0.5) is 5.69 Å². The lowest BCUT2D eigenvalue weighted by Gasteiger charge is -2.40. The number of Topliss-reactive ketones (excluding diaryl/α,β-unsaturated/α-hetero) is 1. The van der Waals surface area contributed by atoms with Crippen LogP contribution in [-0.4, -0.2) is 42.1 Å². The van der Waals surface area contributed by atoms with E-state index in [1.807, 2.05) is 42.5 Å². The molecule has 158 valence electrons. The van der Waals surface area contributed by atoms with Crippen molar-refractivity contribution >= 4 is 17.4 Å². The normalized spacial score (nSPS) is 22.0. The fraction of sp³-hybridized carbons (Fsp3) is 0.417. The smallest absolute Gasteiger partial charge is 0.287 e. The minimum atomic E-state index is -0.499. The summed E-state index contributed by atoms with van der Waals surface area (Å²) in [6.45, 7) is 0.809. The number of fused-ring (bicyclic) bond motifs is 4. The van der Waals surface area contributed by atoms with Crippen LogP contribution in [0.15, 0.2) is 48.5 Å². The summed E-state index contributed by atoms with van der Waals surface area (Å²) < 4.78 is 5.79. The monoisotopic (exact) mass is 408 g/mol. The van der Waals surface area contributed by atoms with Crippen LogP contribution in [0.2, 0.25) is 0 Å². The van der Waals surface area contributed by atoms with Crippen LogP contribution in [0.25, 0.3) is 0 Å². The summed E-state index contributed by atoms with van der Waals surface area (Å²) >= 11 is 0. The van der Waals surface area contributed by atoms with E-state index in [1.165, 1.54) is 0 Å². The Morgan fingerprint density at radius 1 is 1.10 bits per heavy atom. The molecule has 0 radical (unpaired) electrons. The average Bonchev–Trinajstić information content (AvgIpc) is 2.77. The van der Waals surface area contributed by atoms with E-state index in [0.29, 0.717) is 26.0 Å². The number of hydrogen-bond acceptors (Lipinski definition) is 5. The number of carbonyl (C=O) groups excluding carboxylic acids is 2. The second kappa shape index (κ2) is 9.41.